The molecule has 22 heavy (non-hydrogen) atoms. The highest BCUT2D eigenvalue weighted by Gasteiger charge is 2.42. The first-order valence-corrected chi connectivity index (χ1v) is 7.53. The Morgan fingerprint density at radius 2 is 1.59 bits per heavy atom. The molecule has 114 valence electrons. The van der Waals surface area contributed by atoms with E-state index in [0.717, 1.165) is 10.6 Å². The van der Waals surface area contributed by atoms with E-state index in [1.54, 1.807) is 0 Å². The summed E-state index contributed by atoms with van der Waals surface area (Å²) in [6.45, 7) is 4.53. The van der Waals surface area contributed by atoms with Gasteiger partial charge in [0.25, 0.3) is 0 Å². The van der Waals surface area contributed by atoms with Crippen molar-refractivity contribution in [3.8, 4) is 0 Å². The fourth-order valence-corrected chi connectivity index (χ4v) is 3.28. The summed E-state index contributed by atoms with van der Waals surface area (Å²) in [6.07, 6.45) is 4.28. The fraction of sp³-hybridized carbons (Fsp3) is 0.211. The van der Waals surface area contributed by atoms with Crippen molar-refractivity contribution in [3.63, 3.8) is 0 Å². The average molecular weight is 424 g/mol. The van der Waals surface area contributed by atoms with Crippen LogP contribution in [-0.4, -0.2) is 17.3 Å². The largest absolute Gasteiger partial charge is 1.00 e. The smallest absolute Gasteiger partial charge is 0.209 e. The average Bonchev–Trinajstić information content (AvgIpc) is 2.67. The van der Waals surface area contributed by atoms with E-state index in [-0.39, 0.29) is 29.4 Å². The molecule has 3 rings (SSSR count). The summed E-state index contributed by atoms with van der Waals surface area (Å²) in [4.78, 5) is 0. The third kappa shape index (κ3) is 2.86. The summed E-state index contributed by atoms with van der Waals surface area (Å²) in [5, 5.41) is 0.783. The molecule has 2 aromatic carbocycles. The Morgan fingerprint density at radius 3 is 2.27 bits per heavy atom. The van der Waals surface area contributed by atoms with Gasteiger partial charge < -0.3 is 24.0 Å². The molecule has 0 bridgehead atoms. The highest BCUT2D eigenvalue weighted by Crippen LogP contribution is 2.39. The molecule has 0 spiro atoms. The number of nitrogens with zero attached hydrogens (tertiary/aromatic N) is 1. The molecule has 0 aromatic heterocycles. The lowest BCUT2D eigenvalue weighted by Crippen LogP contribution is -3.00. The molecular formula is C19H19ClIN. The number of hydrogen-bond acceptors (Lipinski definition) is 0. The van der Waals surface area contributed by atoms with E-state index < -0.39 is 0 Å². The molecule has 0 saturated carbocycles. The molecule has 0 atom stereocenters. The van der Waals surface area contributed by atoms with Crippen LogP contribution >= 0.6 is 11.6 Å². The van der Waals surface area contributed by atoms with Gasteiger partial charge in [0.05, 0.1) is 5.41 Å². The number of rotatable bonds is 2. The first-order valence-electron chi connectivity index (χ1n) is 7.15. The lowest BCUT2D eigenvalue weighted by molar-refractivity contribution is -0.401. The van der Waals surface area contributed by atoms with Crippen LogP contribution in [0.15, 0.2) is 54.6 Å². The number of fused-ring (bicyclic) bond motifs is 1. The zero-order chi connectivity index (χ0) is 15.0. The molecule has 3 heteroatoms. The van der Waals surface area contributed by atoms with Crippen LogP contribution in [0.4, 0.5) is 5.69 Å². The van der Waals surface area contributed by atoms with Crippen LogP contribution in [0.25, 0.3) is 6.08 Å². The zero-order valence-electron chi connectivity index (χ0n) is 13.0. The van der Waals surface area contributed by atoms with Crippen LogP contribution < -0.4 is 24.0 Å². The summed E-state index contributed by atoms with van der Waals surface area (Å²) < 4.78 is 2.27. The van der Waals surface area contributed by atoms with Crippen molar-refractivity contribution >= 4 is 29.1 Å². The minimum atomic E-state index is 0. The van der Waals surface area contributed by atoms with E-state index in [1.807, 2.05) is 24.3 Å². The van der Waals surface area contributed by atoms with Gasteiger partial charge in [0, 0.05) is 22.7 Å². The summed E-state index contributed by atoms with van der Waals surface area (Å²) in [6, 6.07) is 16.5. The van der Waals surface area contributed by atoms with Gasteiger partial charge in [-0.1, -0.05) is 48.0 Å². The van der Waals surface area contributed by atoms with E-state index in [4.69, 9.17) is 11.6 Å². The van der Waals surface area contributed by atoms with Gasteiger partial charge in [-0.25, -0.2) is 0 Å². The molecule has 1 nitrogen and oxygen atoms in total. The molecule has 0 saturated heterocycles. The van der Waals surface area contributed by atoms with Crippen LogP contribution in [0.1, 0.15) is 25.0 Å². The van der Waals surface area contributed by atoms with Gasteiger partial charge in [0.15, 0.2) is 5.71 Å². The van der Waals surface area contributed by atoms with Crippen LogP contribution in [0.5, 0.6) is 0 Å². The first kappa shape index (κ1) is 17.2. The van der Waals surface area contributed by atoms with Crippen molar-refractivity contribution in [2.75, 3.05) is 7.05 Å². The topological polar surface area (TPSA) is 3.01 Å². The van der Waals surface area contributed by atoms with Gasteiger partial charge in [-0.05, 0) is 31.6 Å². The van der Waals surface area contributed by atoms with E-state index in [1.165, 1.54) is 17.0 Å². The van der Waals surface area contributed by atoms with Gasteiger partial charge in [0.2, 0.25) is 5.69 Å². The SMILES string of the molecule is C[N+]1=C(C=Cc2ccccc2Cl)C(C)(C)c2ccccc21.[I-]. The predicted molar refractivity (Wildman–Crippen MR) is 90.8 cm³/mol. The third-order valence-corrected chi connectivity index (χ3v) is 4.61. The predicted octanol–water partition coefficient (Wildman–Crippen LogP) is 2.06. The molecule has 0 unspecified atom stereocenters. The molecule has 0 radical (unpaired) electrons. The number of allylic oxidation sites excluding steroid dienone is 1. The lowest BCUT2D eigenvalue weighted by atomic mass is 9.81. The second-order valence-corrected chi connectivity index (χ2v) is 6.35. The molecular weight excluding hydrogens is 405 g/mol. The van der Waals surface area contributed by atoms with Crippen LogP contribution in [0, 0.1) is 0 Å². The zero-order valence-corrected chi connectivity index (χ0v) is 15.9. The van der Waals surface area contributed by atoms with Crippen molar-refractivity contribution in [3.05, 3.63) is 70.8 Å². The number of hydrogen-bond donors (Lipinski definition) is 0. The van der Waals surface area contributed by atoms with Crippen LogP contribution in [-0.2, 0) is 5.41 Å². The quantitative estimate of drug-likeness (QED) is 0.514. The Hall–Kier alpha value is -1.13. The van der Waals surface area contributed by atoms with Crippen molar-refractivity contribution in [1.82, 2.24) is 0 Å². The maximum atomic E-state index is 6.23. The highest BCUT2D eigenvalue weighted by atomic mass is 127. The van der Waals surface area contributed by atoms with E-state index in [0.29, 0.717) is 0 Å². The van der Waals surface area contributed by atoms with Crippen molar-refractivity contribution in [1.29, 1.82) is 0 Å². The molecule has 1 aliphatic rings. The van der Waals surface area contributed by atoms with Gasteiger partial charge >= 0.3 is 0 Å². The van der Waals surface area contributed by atoms with Crippen molar-refractivity contribution in [2.24, 2.45) is 0 Å². The molecule has 1 heterocycles. The normalized spacial score (nSPS) is 15.8. The first-order chi connectivity index (χ1) is 10.0. The van der Waals surface area contributed by atoms with Gasteiger partial charge in [0.1, 0.15) is 7.05 Å². The molecule has 0 fully saturated rings. The Kier molecular flexibility index (Phi) is 5.13. The van der Waals surface area contributed by atoms with E-state index in [2.05, 4.69) is 61.9 Å². The lowest BCUT2D eigenvalue weighted by Gasteiger charge is -2.15. The van der Waals surface area contributed by atoms with Crippen LogP contribution in [0.2, 0.25) is 5.02 Å². The summed E-state index contributed by atoms with van der Waals surface area (Å²) in [5.74, 6) is 0. The van der Waals surface area contributed by atoms with Crippen molar-refractivity contribution in [2.45, 2.75) is 19.3 Å². The second-order valence-electron chi connectivity index (χ2n) is 5.94. The Bertz CT molecular complexity index is 760. The monoisotopic (exact) mass is 423 g/mol. The number of benzene rings is 2. The van der Waals surface area contributed by atoms with E-state index >= 15 is 0 Å². The maximum absolute atomic E-state index is 6.23. The minimum Gasteiger partial charge on any atom is -1.00 e. The highest BCUT2D eigenvalue weighted by molar-refractivity contribution is 6.32. The number of para-hydroxylation sites is 1. The van der Waals surface area contributed by atoms with Gasteiger partial charge in [-0.3, -0.25) is 0 Å². The molecule has 0 N–H and O–H groups in total. The number of halogens is 2. The fourth-order valence-electron chi connectivity index (χ4n) is 3.08. The maximum Gasteiger partial charge on any atom is 0.209 e. The Balaban J connectivity index is 0.00000176. The van der Waals surface area contributed by atoms with Crippen molar-refractivity contribution < 1.29 is 28.6 Å². The summed E-state index contributed by atoms with van der Waals surface area (Å²) >= 11 is 6.23. The minimum absolute atomic E-state index is 0. The van der Waals surface area contributed by atoms with Gasteiger partial charge in [-0.2, -0.15) is 4.58 Å². The van der Waals surface area contributed by atoms with Crippen LogP contribution in [0.3, 0.4) is 0 Å². The standard InChI is InChI=1S/C19H19ClN.HI/c1-19(2)15-9-5-7-11-17(15)21(3)18(19)13-12-14-8-4-6-10-16(14)20;/h4-13H,1-3H3;1H/q+1;/p-1. The Morgan fingerprint density at radius 1 is 0.955 bits per heavy atom. The molecule has 1 aliphatic heterocycles. The summed E-state index contributed by atoms with van der Waals surface area (Å²) in [7, 11) is 2.12. The molecule has 0 amide bonds. The third-order valence-electron chi connectivity index (χ3n) is 4.27. The second kappa shape index (κ2) is 6.55. The Labute approximate surface area is 154 Å². The summed E-state index contributed by atoms with van der Waals surface area (Å²) in [5.41, 5.74) is 4.98. The molecule has 2 aromatic rings. The molecule has 0 aliphatic carbocycles. The van der Waals surface area contributed by atoms with Gasteiger partial charge in [-0.15, -0.1) is 0 Å². The van der Waals surface area contributed by atoms with E-state index in [9.17, 15) is 0 Å².